The van der Waals surface area contributed by atoms with Crippen LogP contribution >= 0.6 is 0 Å². The molecule has 0 heterocycles. The van der Waals surface area contributed by atoms with Crippen molar-refractivity contribution >= 4 is 0 Å². The van der Waals surface area contributed by atoms with E-state index in [4.69, 9.17) is 0 Å². The van der Waals surface area contributed by atoms with E-state index in [0.29, 0.717) is 0 Å². The van der Waals surface area contributed by atoms with Crippen LogP contribution in [0.25, 0.3) is 0 Å². The van der Waals surface area contributed by atoms with Crippen LogP contribution in [0.15, 0.2) is 0 Å². The molecule has 0 spiro atoms. The molecular weight excluding hydrogens is 192 g/mol. The Hall–Kier alpha value is 0. The average Bonchev–Trinajstić information content (AvgIpc) is 2.89. The fourth-order valence-electron chi connectivity index (χ4n) is 5.15. The molecule has 0 aliphatic heterocycles. The minimum Gasteiger partial charge on any atom is -0.0654 e. The van der Waals surface area contributed by atoms with E-state index in [9.17, 15) is 0 Å². The molecule has 16 heavy (non-hydrogen) atoms. The van der Waals surface area contributed by atoms with E-state index in [0.717, 1.165) is 10.8 Å². The van der Waals surface area contributed by atoms with Crippen molar-refractivity contribution < 1.29 is 0 Å². The Kier molecular flexibility index (Phi) is 3.97. The van der Waals surface area contributed by atoms with Crippen LogP contribution in [0.1, 0.15) is 90.9 Å². The van der Waals surface area contributed by atoms with Crippen LogP contribution in [0.3, 0.4) is 0 Å². The second-order valence-electron chi connectivity index (χ2n) is 6.47. The Morgan fingerprint density at radius 3 is 1.19 bits per heavy atom. The normalized spacial score (nSPS) is 27.4. The van der Waals surface area contributed by atoms with Crippen molar-refractivity contribution in [2.45, 2.75) is 90.9 Å². The molecule has 0 saturated heterocycles. The van der Waals surface area contributed by atoms with Gasteiger partial charge in [0.15, 0.2) is 0 Å². The Morgan fingerprint density at radius 1 is 0.625 bits per heavy atom. The van der Waals surface area contributed by atoms with Crippen molar-refractivity contribution in [3.05, 3.63) is 0 Å². The molecule has 2 saturated carbocycles. The van der Waals surface area contributed by atoms with Crippen LogP contribution in [0, 0.1) is 10.8 Å². The first kappa shape index (κ1) is 12.5. The van der Waals surface area contributed by atoms with E-state index in [2.05, 4.69) is 13.8 Å². The van der Waals surface area contributed by atoms with E-state index >= 15 is 0 Å². The molecule has 0 amide bonds. The van der Waals surface area contributed by atoms with Crippen molar-refractivity contribution in [2.24, 2.45) is 10.8 Å². The van der Waals surface area contributed by atoms with Gasteiger partial charge >= 0.3 is 0 Å². The molecule has 0 heteroatoms. The predicted molar refractivity (Wildman–Crippen MR) is 71.6 cm³/mol. The van der Waals surface area contributed by atoms with Gasteiger partial charge in [0, 0.05) is 0 Å². The fraction of sp³-hybridized carbons (Fsp3) is 1.00. The first-order chi connectivity index (χ1) is 7.79. The van der Waals surface area contributed by atoms with E-state index < -0.39 is 0 Å². The monoisotopic (exact) mass is 222 g/mol. The van der Waals surface area contributed by atoms with Crippen molar-refractivity contribution in [2.75, 3.05) is 0 Å². The summed E-state index contributed by atoms with van der Waals surface area (Å²) in [5.41, 5.74) is 1.54. The Balaban J connectivity index is 2.20. The third-order valence-electron chi connectivity index (χ3n) is 5.70. The summed E-state index contributed by atoms with van der Waals surface area (Å²) in [6.45, 7) is 4.79. The molecule has 0 aromatic rings. The molecule has 0 atom stereocenters. The summed E-state index contributed by atoms with van der Waals surface area (Å²) >= 11 is 0. The molecule has 0 aromatic heterocycles. The van der Waals surface area contributed by atoms with Gasteiger partial charge in [-0.1, -0.05) is 52.4 Å². The highest BCUT2D eigenvalue weighted by atomic mass is 14.6. The zero-order valence-corrected chi connectivity index (χ0v) is 11.5. The van der Waals surface area contributed by atoms with Crippen LogP contribution in [-0.2, 0) is 0 Å². The Bertz CT molecular complexity index is 180. The van der Waals surface area contributed by atoms with Gasteiger partial charge in [0.1, 0.15) is 0 Å². The largest absolute Gasteiger partial charge is 0.0654 e. The fourth-order valence-corrected chi connectivity index (χ4v) is 5.15. The minimum absolute atomic E-state index is 0.772. The van der Waals surface area contributed by atoms with Crippen LogP contribution < -0.4 is 0 Å². The summed E-state index contributed by atoms with van der Waals surface area (Å²) in [5, 5.41) is 0. The lowest BCUT2D eigenvalue weighted by molar-refractivity contribution is 0.0230. The standard InChI is InChI=1S/C16H30/c1-3-9-15(11-5-6-12-15)16(10-4-2)13-7-8-14-16/h3-14H2,1-2H3. The van der Waals surface area contributed by atoms with E-state index in [-0.39, 0.29) is 0 Å². The summed E-state index contributed by atoms with van der Waals surface area (Å²) in [4.78, 5) is 0. The SMILES string of the molecule is CCCC1(C2(CCC)CCCC2)CCCC1. The molecule has 2 rings (SSSR count). The van der Waals surface area contributed by atoms with E-state index in [1.807, 2.05) is 0 Å². The predicted octanol–water partition coefficient (Wildman–Crippen LogP) is 5.71. The first-order valence-corrected chi connectivity index (χ1v) is 7.79. The summed E-state index contributed by atoms with van der Waals surface area (Å²) in [5.74, 6) is 0. The molecule has 0 aromatic carbocycles. The third kappa shape index (κ3) is 1.93. The van der Waals surface area contributed by atoms with Crippen LogP contribution in [0.5, 0.6) is 0 Å². The smallest absolute Gasteiger partial charge is 0.0241 e. The third-order valence-corrected chi connectivity index (χ3v) is 5.70. The zero-order chi connectivity index (χ0) is 11.5. The molecule has 0 N–H and O–H groups in total. The molecule has 2 aliphatic rings. The van der Waals surface area contributed by atoms with Gasteiger partial charge in [-0.25, -0.2) is 0 Å². The highest BCUT2D eigenvalue weighted by molar-refractivity contribution is 5.02. The molecule has 2 aliphatic carbocycles. The van der Waals surface area contributed by atoms with Gasteiger partial charge in [0.25, 0.3) is 0 Å². The topological polar surface area (TPSA) is 0 Å². The van der Waals surface area contributed by atoms with Gasteiger partial charge in [0.2, 0.25) is 0 Å². The molecule has 0 bridgehead atoms. The van der Waals surface area contributed by atoms with Gasteiger partial charge in [-0.05, 0) is 49.4 Å². The Morgan fingerprint density at radius 2 is 0.938 bits per heavy atom. The maximum Gasteiger partial charge on any atom is -0.0241 e. The van der Waals surface area contributed by atoms with Crippen LogP contribution in [0.2, 0.25) is 0 Å². The van der Waals surface area contributed by atoms with Crippen LogP contribution in [-0.4, -0.2) is 0 Å². The molecular formula is C16H30. The van der Waals surface area contributed by atoms with Gasteiger partial charge in [-0.3, -0.25) is 0 Å². The van der Waals surface area contributed by atoms with E-state index in [1.54, 1.807) is 25.7 Å². The lowest BCUT2D eigenvalue weighted by Gasteiger charge is -2.48. The summed E-state index contributed by atoms with van der Waals surface area (Å²) < 4.78 is 0. The zero-order valence-electron chi connectivity index (χ0n) is 11.5. The van der Waals surface area contributed by atoms with Gasteiger partial charge in [-0.2, -0.15) is 0 Å². The quantitative estimate of drug-likeness (QED) is 0.559. The lowest BCUT2D eigenvalue weighted by atomic mass is 9.57. The van der Waals surface area contributed by atoms with Crippen molar-refractivity contribution in [1.29, 1.82) is 0 Å². The van der Waals surface area contributed by atoms with Gasteiger partial charge in [0.05, 0.1) is 0 Å². The molecule has 94 valence electrons. The maximum absolute atomic E-state index is 2.40. The molecule has 2 fully saturated rings. The number of hydrogen-bond acceptors (Lipinski definition) is 0. The number of rotatable bonds is 5. The summed E-state index contributed by atoms with van der Waals surface area (Å²) in [6.07, 6.45) is 18.2. The van der Waals surface area contributed by atoms with Crippen molar-refractivity contribution in [1.82, 2.24) is 0 Å². The molecule has 0 radical (unpaired) electrons. The van der Waals surface area contributed by atoms with Gasteiger partial charge < -0.3 is 0 Å². The summed E-state index contributed by atoms with van der Waals surface area (Å²) in [7, 11) is 0. The highest BCUT2D eigenvalue weighted by Gasteiger charge is 2.51. The van der Waals surface area contributed by atoms with Crippen molar-refractivity contribution in [3.63, 3.8) is 0 Å². The molecule has 0 nitrogen and oxygen atoms in total. The Labute approximate surface area is 102 Å². The first-order valence-electron chi connectivity index (χ1n) is 7.79. The average molecular weight is 222 g/mol. The minimum atomic E-state index is 0.772. The lowest BCUT2D eigenvalue weighted by Crippen LogP contribution is -2.38. The number of hydrogen-bond donors (Lipinski definition) is 0. The van der Waals surface area contributed by atoms with E-state index in [1.165, 1.54) is 51.4 Å². The second kappa shape index (κ2) is 5.10. The maximum atomic E-state index is 2.40. The molecule has 0 unspecified atom stereocenters. The second-order valence-corrected chi connectivity index (χ2v) is 6.47. The van der Waals surface area contributed by atoms with Gasteiger partial charge in [-0.15, -0.1) is 0 Å². The van der Waals surface area contributed by atoms with Crippen LogP contribution in [0.4, 0.5) is 0 Å². The highest BCUT2D eigenvalue weighted by Crippen LogP contribution is 2.63. The summed E-state index contributed by atoms with van der Waals surface area (Å²) in [6, 6.07) is 0. The van der Waals surface area contributed by atoms with Crippen molar-refractivity contribution in [3.8, 4) is 0 Å².